The predicted octanol–water partition coefficient (Wildman–Crippen LogP) is 0.602. The predicted molar refractivity (Wildman–Crippen MR) is 77.2 cm³/mol. The van der Waals surface area contributed by atoms with Crippen molar-refractivity contribution in [1.82, 2.24) is 15.5 Å². The molecule has 0 spiro atoms. The number of ether oxygens (including phenoxy) is 1. The fourth-order valence-electron chi connectivity index (χ4n) is 2.45. The molecule has 0 aromatic heterocycles. The van der Waals surface area contributed by atoms with Gasteiger partial charge in [-0.15, -0.1) is 0 Å². The number of amides is 1. The summed E-state index contributed by atoms with van der Waals surface area (Å²) in [5.74, 6) is 0.120. The number of carbonyl (C=O) groups excluding carboxylic acids is 1. The molecule has 112 valence electrons. The highest BCUT2D eigenvalue weighted by Gasteiger charge is 2.30. The van der Waals surface area contributed by atoms with E-state index in [0.29, 0.717) is 19.1 Å². The molecule has 0 aromatic carbocycles. The molecule has 1 aliphatic heterocycles. The van der Waals surface area contributed by atoms with Crippen molar-refractivity contribution in [2.45, 2.75) is 44.8 Å². The SMILES string of the molecule is CNCCC(=O)NCC(C)(C)N1CCC(OC)CC1. The summed E-state index contributed by atoms with van der Waals surface area (Å²) in [5.41, 5.74) is 0.00795. The van der Waals surface area contributed by atoms with Gasteiger partial charge >= 0.3 is 0 Å². The Balaban J connectivity index is 2.33. The van der Waals surface area contributed by atoms with Gasteiger partial charge in [0.1, 0.15) is 0 Å². The highest BCUT2D eigenvalue weighted by Crippen LogP contribution is 2.21. The van der Waals surface area contributed by atoms with Crippen molar-refractivity contribution >= 4 is 5.91 Å². The third-order valence-electron chi connectivity index (χ3n) is 3.95. The van der Waals surface area contributed by atoms with Crippen LogP contribution in [0.2, 0.25) is 0 Å². The van der Waals surface area contributed by atoms with E-state index in [1.165, 1.54) is 0 Å². The Labute approximate surface area is 117 Å². The summed E-state index contributed by atoms with van der Waals surface area (Å²) in [6.45, 7) is 7.89. The van der Waals surface area contributed by atoms with Crippen LogP contribution >= 0.6 is 0 Å². The minimum atomic E-state index is 0.00795. The van der Waals surface area contributed by atoms with E-state index in [0.717, 1.165) is 32.5 Å². The number of methoxy groups -OCH3 is 1. The lowest BCUT2D eigenvalue weighted by Gasteiger charge is -2.42. The lowest BCUT2D eigenvalue weighted by Crippen LogP contribution is -2.55. The van der Waals surface area contributed by atoms with Gasteiger partial charge in [0.15, 0.2) is 0 Å². The van der Waals surface area contributed by atoms with E-state index >= 15 is 0 Å². The zero-order valence-electron chi connectivity index (χ0n) is 12.8. The van der Waals surface area contributed by atoms with Gasteiger partial charge in [0.05, 0.1) is 6.10 Å². The van der Waals surface area contributed by atoms with Crippen LogP contribution in [-0.4, -0.2) is 62.8 Å². The van der Waals surface area contributed by atoms with Crippen LogP contribution < -0.4 is 10.6 Å². The van der Waals surface area contributed by atoms with Gasteiger partial charge in [0, 0.05) is 45.2 Å². The molecule has 0 bridgehead atoms. The van der Waals surface area contributed by atoms with E-state index < -0.39 is 0 Å². The second kappa shape index (κ2) is 7.82. The Morgan fingerprint density at radius 1 is 1.37 bits per heavy atom. The van der Waals surface area contributed by atoms with Gasteiger partial charge in [-0.05, 0) is 33.7 Å². The topological polar surface area (TPSA) is 53.6 Å². The van der Waals surface area contributed by atoms with Crippen LogP contribution in [-0.2, 0) is 9.53 Å². The normalized spacial score (nSPS) is 18.5. The van der Waals surface area contributed by atoms with Crippen molar-refractivity contribution in [2.75, 3.05) is 40.3 Å². The number of nitrogens with one attached hydrogen (secondary N) is 2. The molecule has 2 N–H and O–H groups in total. The molecule has 1 saturated heterocycles. The van der Waals surface area contributed by atoms with Crippen molar-refractivity contribution in [3.8, 4) is 0 Å². The van der Waals surface area contributed by atoms with Gasteiger partial charge in [-0.2, -0.15) is 0 Å². The first-order valence-corrected chi connectivity index (χ1v) is 7.18. The maximum Gasteiger partial charge on any atom is 0.221 e. The number of nitrogens with zero attached hydrogens (tertiary/aromatic N) is 1. The van der Waals surface area contributed by atoms with E-state index in [1.807, 2.05) is 7.05 Å². The minimum absolute atomic E-state index is 0.00795. The molecule has 0 radical (unpaired) electrons. The highest BCUT2D eigenvalue weighted by atomic mass is 16.5. The van der Waals surface area contributed by atoms with Crippen LogP contribution in [0.25, 0.3) is 0 Å². The molecular formula is C14H29N3O2. The third-order valence-corrected chi connectivity index (χ3v) is 3.95. The lowest BCUT2D eigenvalue weighted by molar-refractivity contribution is -0.121. The summed E-state index contributed by atoms with van der Waals surface area (Å²) in [4.78, 5) is 14.1. The number of carbonyl (C=O) groups is 1. The Kier molecular flexibility index (Phi) is 6.75. The highest BCUT2D eigenvalue weighted by molar-refractivity contribution is 5.76. The van der Waals surface area contributed by atoms with Crippen molar-refractivity contribution in [2.24, 2.45) is 0 Å². The van der Waals surface area contributed by atoms with Crippen LogP contribution in [0.15, 0.2) is 0 Å². The van der Waals surface area contributed by atoms with Crippen molar-refractivity contribution in [1.29, 1.82) is 0 Å². The zero-order valence-corrected chi connectivity index (χ0v) is 12.8. The molecule has 1 amide bonds. The first-order chi connectivity index (χ1) is 8.99. The van der Waals surface area contributed by atoms with Gasteiger partial charge in [-0.3, -0.25) is 9.69 Å². The second-order valence-electron chi connectivity index (χ2n) is 5.86. The molecule has 5 heteroatoms. The molecule has 1 aliphatic rings. The second-order valence-corrected chi connectivity index (χ2v) is 5.86. The fraction of sp³-hybridized carbons (Fsp3) is 0.929. The Bertz CT molecular complexity index is 274. The molecule has 0 aliphatic carbocycles. The standard InChI is InChI=1S/C14H29N3O2/c1-14(2,11-16-13(18)5-8-15-3)17-9-6-12(19-4)7-10-17/h12,15H,5-11H2,1-4H3,(H,16,18). The van der Waals surface area contributed by atoms with E-state index in [4.69, 9.17) is 4.74 Å². The smallest absolute Gasteiger partial charge is 0.221 e. The summed E-state index contributed by atoms with van der Waals surface area (Å²) >= 11 is 0. The maximum atomic E-state index is 11.6. The van der Waals surface area contributed by atoms with E-state index in [2.05, 4.69) is 29.4 Å². The number of piperidine rings is 1. The number of likely N-dealkylation sites (tertiary alicyclic amines) is 1. The summed E-state index contributed by atoms with van der Waals surface area (Å²) < 4.78 is 5.39. The van der Waals surface area contributed by atoms with Crippen LogP contribution in [0.4, 0.5) is 0 Å². The summed E-state index contributed by atoms with van der Waals surface area (Å²) in [6.07, 6.45) is 3.09. The van der Waals surface area contributed by atoms with Gasteiger partial charge < -0.3 is 15.4 Å². The first kappa shape index (κ1) is 16.4. The molecule has 1 heterocycles. The molecule has 0 unspecified atom stereocenters. The number of hydrogen-bond donors (Lipinski definition) is 2. The lowest BCUT2D eigenvalue weighted by atomic mass is 9.97. The van der Waals surface area contributed by atoms with Crippen LogP contribution in [0, 0.1) is 0 Å². The van der Waals surface area contributed by atoms with E-state index in [-0.39, 0.29) is 11.4 Å². The minimum Gasteiger partial charge on any atom is -0.381 e. The first-order valence-electron chi connectivity index (χ1n) is 7.18. The van der Waals surface area contributed by atoms with Gasteiger partial charge in [-0.1, -0.05) is 0 Å². The molecular weight excluding hydrogens is 242 g/mol. The van der Waals surface area contributed by atoms with E-state index in [1.54, 1.807) is 7.11 Å². The zero-order chi connectivity index (χ0) is 14.3. The summed E-state index contributed by atoms with van der Waals surface area (Å²) in [6, 6.07) is 0. The molecule has 5 nitrogen and oxygen atoms in total. The summed E-state index contributed by atoms with van der Waals surface area (Å²) in [7, 11) is 3.64. The molecule has 0 saturated carbocycles. The van der Waals surface area contributed by atoms with Gasteiger partial charge in [-0.25, -0.2) is 0 Å². The average Bonchev–Trinajstić information content (AvgIpc) is 2.43. The van der Waals surface area contributed by atoms with Crippen LogP contribution in [0.3, 0.4) is 0 Å². The Morgan fingerprint density at radius 2 is 2.00 bits per heavy atom. The Hall–Kier alpha value is -0.650. The molecule has 19 heavy (non-hydrogen) atoms. The molecule has 1 fully saturated rings. The van der Waals surface area contributed by atoms with Crippen molar-refractivity contribution in [3.63, 3.8) is 0 Å². The Morgan fingerprint density at radius 3 is 2.53 bits per heavy atom. The number of rotatable bonds is 7. The monoisotopic (exact) mass is 271 g/mol. The van der Waals surface area contributed by atoms with Gasteiger partial charge in [0.25, 0.3) is 0 Å². The third kappa shape index (κ3) is 5.47. The van der Waals surface area contributed by atoms with Gasteiger partial charge in [0.2, 0.25) is 5.91 Å². The molecule has 0 atom stereocenters. The van der Waals surface area contributed by atoms with Crippen LogP contribution in [0.5, 0.6) is 0 Å². The maximum absolute atomic E-state index is 11.6. The molecule has 0 aromatic rings. The van der Waals surface area contributed by atoms with Crippen LogP contribution in [0.1, 0.15) is 33.1 Å². The quantitative estimate of drug-likeness (QED) is 0.712. The fourth-order valence-corrected chi connectivity index (χ4v) is 2.45. The average molecular weight is 271 g/mol. The largest absolute Gasteiger partial charge is 0.381 e. The molecule has 1 rings (SSSR count). The summed E-state index contributed by atoms with van der Waals surface area (Å²) in [5, 5.41) is 6.01. The number of hydrogen-bond acceptors (Lipinski definition) is 4. The van der Waals surface area contributed by atoms with Crippen molar-refractivity contribution in [3.05, 3.63) is 0 Å². The van der Waals surface area contributed by atoms with Crippen molar-refractivity contribution < 1.29 is 9.53 Å². The van der Waals surface area contributed by atoms with E-state index in [9.17, 15) is 4.79 Å².